The highest BCUT2D eigenvalue weighted by atomic mass is 35.5. The van der Waals surface area contributed by atoms with Gasteiger partial charge in [-0.1, -0.05) is 55.8 Å². The number of hydrogen-bond donors (Lipinski definition) is 0. The molecule has 4 rings (SSSR count). The van der Waals surface area contributed by atoms with Gasteiger partial charge in [-0.2, -0.15) is 0 Å². The maximum Gasteiger partial charge on any atom is 0.172 e. The van der Waals surface area contributed by atoms with Crippen molar-refractivity contribution in [1.29, 1.82) is 0 Å². The quantitative estimate of drug-likeness (QED) is 0.547. The third-order valence-electron chi connectivity index (χ3n) is 4.67. The first-order chi connectivity index (χ1) is 11.0. The van der Waals surface area contributed by atoms with Crippen molar-refractivity contribution in [2.24, 2.45) is 0 Å². The second-order valence-corrected chi connectivity index (χ2v) is 7.10. The highest BCUT2D eigenvalue weighted by Gasteiger charge is 2.33. The summed E-state index contributed by atoms with van der Waals surface area (Å²) >= 11 is 6.34. The van der Waals surface area contributed by atoms with Crippen LogP contribution in [-0.4, -0.2) is 4.98 Å². The minimum atomic E-state index is 0.128. The number of rotatable bonds is 2. The molecule has 0 saturated heterocycles. The van der Waals surface area contributed by atoms with Crippen molar-refractivity contribution in [3.8, 4) is 11.5 Å². The molecule has 0 saturated carbocycles. The highest BCUT2D eigenvalue weighted by Crippen LogP contribution is 2.45. The van der Waals surface area contributed by atoms with E-state index in [-0.39, 0.29) is 5.41 Å². The summed E-state index contributed by atoms with van der Waals surface area (Å²) in [6.45, 7) is 4.54. The van der Waals surface area contributed by atoms with Gasteiger partial charge < -0.3 is 4.74 Å². The van der Waals surface area contributed by atoms with Crippen LogP contribution < -0.4 is 4.74 Å². The summed E-state index contributed by atoms with van der Waals surface area (Å²) in [5, 5.41) is 1.43. The summed E-state index contributed by atoms with van der Waals surface area (Å²) in [5.74, 6) is 1.51. The number of fused-ring (bicyclic) bond motifs is 2. The van der Waals surface area contributed by atoms with Gasteiger partial charge in [0, 0.05) is 10.9 Å². The zero-order valence-electron chi connectivity index (χ0n) is 13.3. The van der Waals surface area contributed by atoms with Gasteiger partial charge in [0.15, 0.2) is 10.9 Å². The van der Waals surface area contributed by atoms with Crippen molar-refractivity contribution in [2.45, 2.75) is 32.1 Å². The standard InChI is InChI=1S/C20H18ClNO/c1-20(2)11-10-13-7-5-9-16(18(13)20)23-17-12-14-6-3-4-8-15(14)22-19(17)21/h3-9,12H,10-11H2,1-2H3. The average molecular weight is 324 g/mol. The Balaban J connectivity index is 1.81. The number of pyridine rings is 1. The average Bonchev–Trinajstić information content (AvgIpc) is 2.84. The molecule has 0 spiro atoms. The van der Waals surface area contributed by atoms with Gasteiger partial charge in [0.05, 0.1) is 5.52 Å². The third-order valence-corrected chi connectivity index (χ3v) is 4.94. The van der Waals surface area contributed by atoms with Gasteiger partial charge >= 0.3 is 0 Å². The van der Waals surface area contributed by atoms with E-state index in [1.54, 1.807) is 0 Å². The molecule has 0 N–H and O–H groups in total. The second-order valence-electron chi connectivity index (χ2n) is 6.75. The van der Waals surface area contributed by atoms with Crippen LogP contribution in [0.4, 0.5) is 0 Å². The molecule has 0 radical (unpaired) electrons. The van der Waals surface area contributed by atoms with Crippen molar-refractivity contribution in [3.05, 3.63) is 64.8 Å². The van der Waals surface area contributed by atoms with E-state index < -0.39 is 0 Å². The maximum absolute atomic E-state index is 6.34. The minimum absolute atomic E-state index is 0.128. The summed E-state index contributed by atoms with van der Waals surface area (Å²) in [5.41, 5.74) is 3.67. The first-order valence-corrected chi connectivity index (χ1v) is 8.28. The fourth-order valence-electron chi connectivity index (χ4n) is 3.47. The number of ether oxygens (including phenoxy) is 1. The molecule has 1 aliphatic rings. The topological polar surface area (TPSA) is 22.1 Å². The van der Waals surface area contributed by atoms with E-state index in [4.69, 9.17) is 16.3 Å². The van der Waals surface area contributed by atoms with Crippen molar-refractivity contribution in [3.63, 3.8) is 0 Å². The zero-order valence-corrected chi connectivity index (χ0v) is 14.0. The highest BCUT2D eigenvalue weighted by molar-refractivity contribution is 6.31. The van der Waals surface area contributed by atoms with E-state index in [9.17, 15) is 0 Å². The predicted molar refractivity (Wildman–Crippen MR) is 94.6 cm³/mol. The first-order valence-electron chi connectivity index (χ1n) is 7.90. The van der Waals surface area contributed by atoms with Crippen molar-refractivity contribution >= 4 is 22.5 Å². The van der Waals surface area contributed by atoms with Crippen LogP contribution in [0.15, 0.2) is 48.5 Å². The largest absolute Gasteiger partial charge is 0.454 e. The van der Waals surface area contributed by atoms with Gasteiger partial charge in [0.25, 0.3) is 0 Å². The molecular weight excluding hydrogens is 306 g/mol. The molecule has 116 valence electrons. The molecule has 0 fully saturated rings. The van der Waals surface area contributed by atoms with E-state index in [1.165, 1.54) is 11.1 Å². The Bertz CT molecular complexity index is 901. The van der Waals surface area contributed by atoms with E-state index in [1.807, 2.05) is 36.4 Å². The SMILES string of the molecule is CC1(C)CCc2cccc(Oc3cc4ccccc4nc3Cl)c21. The van der Waals surface area contributed by atoms with E-state index >= 15 is 0 Å². The predicted octanol–water partition coefficient (Wildman–Crippen LogP) is 5.90. The smallest absolute Gasteiger partial charge is 0.172 e. The van der Waals surface area contributed by atoms with E-state index in [2.05, 4.69) is 31.0 Å². The lowest BCUT2D eigenvalue weighted by Crippen LogP contribution is -2.13. The third kappa shape index (κ3) is 2.47. The summed E-state index contributed by atoms with van der Waals surface area (Å²) in [7, 11) is 0. The second kappa shape index (κ2) is 5.24. The Kier molecular flexibility index (Phi) is 3.31. The first kappa shape index (κ1) is 14.5. The minimum Gasteiger partial charge on any atom is -0.454 e. The molecule has 0 amide bonds. The van der Waals surface area contributed by atoms with Crippen LogP contribution in [0.25, 0.3) is 10.9 Å². The monoisotopic (exact) mass is 323 g/mol. The molecule has 1 heterocycles. The number of aryl methyl sites for hydroxylation is 1. The summed E-state index contributed by atoms with van der Waals surface area (Å²) in [6, 6.07) is 16.2. The van der Waals surface area contributed by atoms with Crippen molar-refractivity contribution < 1.29 is 4.74 Å². The Morgan fingerprint density at radius 3 is 2.74 bits per heavy atom. The maximum atomic E-state index is 6.34. The van der Waals surface area contributed by atoms with Crippen LogP contribution >= 0.6 is 11.6 Å². The van der Waals surface area contributed by atoms with Crippen molar-refractivity contribution in [2.75, 3.05) is 0 Å². The summed E-state index contributed by atoms with van der Waals surface area (Å²) in [6.07, 6.45) is 2.25. The fraction of sp³-hybridized carbons (Fsp3) is 0.250. The lowest BCUT2D eigenvalue weighted by atomic mass is 9.86. The molecule has 1 aliphatic carbocycles. The van der Waals surface area contributed by atoms with Crippen LogP contribution in [0.3, 0.4) is 0 Å². The molecule has 0 bridgehead atoms. The van der Waals surface area contributed by atoms with Crippen LogP contribution in [-0.2, 0) is 11.8 Å². The molecular formula is C20H18ClNO. The lowest BCUT2D eigenvalue weighted by molar-refractivity contribution is 0.446. The number of halogens is 1. The molecule has 3 aromatic rings. The molecule has 3 heteroatoms. The Labute approximate surface area is 141 Å². The molecule has 2 nitrogen and oxygen atoms in total. The number of nitrogens with zero attached hydrogens (tertiary/aromatic N) is 1. The Morgan fingerprint density at radius 2 is 1.87 bits per heavy atom. The molecule has 0 unspecified atom stereocenters. The number of hydrogen-bond acceptors (Lipinski definition) is 2. The van der Waals surface area contributed by atoms with Gasteiger partial charge in [-0.15, -0.1) is 0 Å². The number of aromatic nitrogens is 1. The van der Waals surface area contributed by atoms with Crippen LogP contribution in [0.5, 0.6) is 11.5 Å². The van der Waals surface area contributed by atoms with Gasteiger partial charge in [0.1, 0.15) is 5.75 Å². The number of benzene rings is 2. The van der Waals surface area contributed by atoms with Gasteiger partial charge in [-0.05, 0) is 42.0 Å². The van der Waals surface area contributed by atoms with Crippen LogP contribution in [0.2, 0.25) is 5.15 Å². The lowest BCUT2D eigenvalue weighted by Gasteiger charge is -2.22. The molecule has 0 aliphatic heterocycles. The molecule has 2 aromatic carbocycles. The Hall–Kier alpha value is -2.06. The van der Waals surface area contributed by atoms with Crippen molar-refractivity contribution in [1.82, 2.24) is 4.98 Å². The van der Waals surface area contributed by atoms with Gasteiger partial charge in [-0.3, -0.25) is 0 Å². The molecule has 0 atom stereocenters. The fourth-order valence-corrected chi connectivity index (χ4v) is 3.66. The molecule has 1 aromatic heterocycles. The molecule has 23 heavy (non-hydrogen) atoms. The summed E-state index contributed by atoms with van der Waals surface area (Å²) in [4.78, 5) is 4.44. The van der Waals surface area contributed by atoms with Gasteiger partial charge in [0.2, 0.25) is 0 Å². The Morgan fingerprint density at radius 1 is 1.04 bits per heavy atom. The summed E-state index contributed by atoms with van der Waals surface area (Å²) < 4.78 is 6.20. The normalized spacial score (nSPS) is 15.6. The van der Waals surface area contributed by atoms with E-state index in [0.29, 0.717) is 10.9 Å². The van der Waals surface area contributed by atoms with E-state index in [0.717, 1.165) is 29.5 Å². The van der Waals surface area contributed by atoms with Crippen LogP contribution in [0, 0.1) is 0 Å². The zero-order chi connectivity index (χ0) is 16.0. The van der Waals surface area contributed by atoms with Gasteiger partial charge in [-0.25, -0.2) is 4.98 Å². The number of para-hydroxylation sites is 1. The van der Waals surface area contributed by atoms with Crippen LogP contribution in [0.1, 0.15) is 31.4 Å².